The zero-order valence-electron chi connectivity index (χ0n) is 14.6. The van der Waals surface area contributed by atoms with E-state index in [-0.39, 0.29) is 12.5 Å². The van der Waals surface area contributed by atoms with Crippen molar-refractivity contribution in [1.29, 1.82) is 0 Å². The Morgan fingerprint density at radius 3 is 2.54 bits per heavy atom. The minimum Gasteiger partial charge on any atom is -0.494 e. The second kappa shape index (κ2) is 7.88. The summed E-state index contributed by atoms with van der Waals surface area (Å²) in [6.45, 7) is 5.76. The number of anilines is 1. The summed E-state index contributed by atoms with van der Waals surface area (Å²) in [6, 6.07) is 6.76. The van der Waals surface area contributed by atoms with E-state index in [1.807, 2.05) is 6.92 Å². The minimum atomic E-state index is -3.55. The second-order valence-corrected chi connectivity index (χ2v) is 8.19. The highest BCUT2D eigenvalue weighted by atomic mass is 32.2. The molecule has 1 fully saturated rings. The van der Waals surface area contributed by atoms with Gasteiger partial charge < -0.3 is 9.64 Å². The van der Waals surface area contributed by atoms with Crippen molar-refractivity contribution in [2.24, 2.45) is 5.92 Å². The molecule has 0 radical (unpaired) electrons. The Balaban J connectivity index is 2.15. The molecule has 1 atom stereocenters. The summed E-state index contributed by atoms with van der Waals surface area (Å²) in [4.78, 5) is 14.3. The van der Waals surface area contributed by atoms with Gasteiger partial charge in [-0.2, -0.15) is 0 Å². The average molecular weight is 354 g/mol. The van der Waals surface area contributed by atoms with Gasteiger partial charge in [0.15, 0.2) is 0 Å². The largest absolute Gasteiger partial charge is 0.494 e. The highest BCUT2D eigenvalue weighted by Gasteiger charge is 2.26. The Bertz CT molecular complexity index is 658. The Kier molecular flexibility index (Phi) is 6.10. The molecule has 0 N–H and O–H groups in total. The molecule has 0 saturated carbocycles. The SMILES string of the molecule is CCOc1ccc(N(CC(=O)N2CCCC(C)C2)S(C)(=O)=O)cc1. The van der Waals surface area contributed by atoms with Crippen LogP contribution >= 0.6 is 0 Å². The summed E-state index contributed by atoms with van der Waals surface area (Å²) in [6.07, 6.45) is 3.20. The van der Waals surface area contributed by atoms with Crippen LogP contribution in [0.1, 0.15) is 26.7 Å². The van der Waals surface area contributed by atoms with E-state index in [2.05, 4.69) is 6.92 Å². The number of ether oxygens (including phenoxy) is 1. The lowest BCUT2D eigenvalue weighted by Gasteiger charge is -2.33. The molecule has 1 unspecified atom stereocenters. The number of carbonyl (C=O) groups excluding carboxylic acids is 1. The first-order valence-corrected chi connectivity index (χ1v) is 10.1. The molecule has 1 amide bonds. The number of rotatable bonds is 6. The van der Waals surface area contributed by atoms with E-state index >= 15 is 0 Å². The zero-order chi connectivity index (χ0) is 17.7. The lowest BCUT2D eigenvalue weighted by atomic mass is 10.0. The second-order valence-electron chi connectivity index (χ2n) is 6.28. The Hall–Kier alpha value is -1.76. The van der Waals surface area contributed by atoms with E-state index < -0.39 is 10.0 Å². The van der Waals surface area contributed by atoms with Crippen LogP contribution in [0, 0.1) is 5.92 Å². The standard InChI is InChI=1S/C17H26N2O4S/c1-4-23-16-9-7-15(8-10-16)19(24(3,21)22)13-17(20)18-11-5-6-14(2)12-18/h7-10,14H,4-6,11-13H2,1-3H3. The van der Waals surface area contributed by atoms with Crippen LogP contribution < -0.4 is 9.04 Å². The molecule has 6 nitrogen and oxygen atoms in total. The number of carbonyl (C=O) groups is 1. The smallest absolute Gasteiger partial charge is 0.243 e. The molecule has 1 aliphatic heterocycles. The van der Waals surface area contributed by atoms with Crippen molar-refractivity contribution in [2.45, 2.75) is 26.7 Å². The summed E-state index contributed by atoms with van der Waals surface area (Å²) in [7, 11) is -3.55. The Morgan fingerprint density at radius 1 is 1.33 bits per heavy atom. The van der Waals surface area contributed by atoms with Crippen LogP contribution in [-0.2, 0) is 14.8 Å². The molecule has 1 aromatic carbocycles. The van der Waals surface area contributed by atoms with Gasteiger partial charge in [-0.25, -0.2) is 8.42 Å². The van der Waals surface area contributed by atoms with Gasteiger partial charge in [0.25, 0.3) is 0 Å². The van der Waals surface area contributed by atoms with Gasteiger partial charge in [-0.05, 0) is 49.9 Å². The lowest BCUT2D eigenvalue weighted by Crippen LogP contribution is -2.46. The number of amides is 1. The first-order valence-electron chi connectivity index (χ1n) is 8.29. The van der Waals surface area contributed by atoms with Gasteiger partial charge in [0.2, 0.25) is 15.9 Å². The van der Waals surface area contributed by atoms with Crippen LogP contribution in [0.3, 0.4) is 0 Å². The van der Waals surface area contributed by atoms with Crippen LogP contribution in [0.5, 0.6) is 5.75 Å². The third-order valence-electron chi connectivity index (χ3n) is 4.12. The maximum Gasteiger partial charge on any atom is 0.243 e. The molecule has 0 spiro atoms. The molecule has 0 bridgehead atoms. The van der Waals surface area contributed by atoms with Crippen LogP contribution in [0.15, 0.2) is 24.3 Å². The van der Waals surface area contributed by atoms with E-state index in [1.165, 1.54) is 0 Å². The molecule has 1 aromatic rings. The zero-order valence-corrected chi connectivity index (χ0v) is 15.4. The molecular weight excluding hydrogens is 328 g/mol. The first-order chi connectivity index (χ1) is 11.3. The van der Waals surface area contributed by atoms with Crippen LogP contribution in [0.4, 0.5) is 5.69 Å². The molecule has 1 heterocycles. The normalized spacial score (nSPS) is 18.3. The molecular formula is C17H26N2O4S. The van der Waals surface area contributed by atoms with Crippen LogP contribution in [0.25, 0.3) is 0 Å². The van der Waals surface area contributed by atoms with Gasteiger partial charge in [0, 0.05) is 13.1 Å². The number of piperidine rings is 1. The highest BCUT2D eigenvalue weighted by molar-refractivity contribution is 7.92. The van der Waals surface area contributed by atoms with Crippen molar-refractivity contribution in [2.75, 3.05) is 36.8 Å². The maximum absolute atomic E-state index is 12.5. The maximum atomic E-state index is 12.5. The molecule has 134 valence electrons. The van der Waals surface area contributed by atoms with Crippen molar-refractivity contribution in [3.05, 3.63) is 24.3 Å². The van der Waals surface area contributed by atoms with Gasteiger partial charge in [-0.1, -0.05) is 6.92 Å². The average Bonchev–Trinajstić information content (AvgIpc) is 2.52. The van der Waals surface area contributed by atoms with E-state index in [1.54, 1.807) is 29.2 Å². The number of benzene rings is 1. The number of likely N-dealkylation sites (tertiary alicyclic amines) is 1. The summed E-state index contributed by atoms with van der Waals surface area (Å²) < 4.78 is 30.8. The van der Waals surface area contributed by atoms with E-state index in [0.717, 1.165) is 23.4 Å². The molecule has 1 aliphatic rings. The molecule has 24 heavy (non-hydrogen) atoms. The van der Waals surface area contributed by atoms with E-state index in [4.69, 9.17) is 4.74 Å². The summed E-state index contributed by atoms with van der Waals surface area (Å²) in [5, 5.41) is 0. The van der Waals surface area contributed by atoms with E-state index in [9.17, 15) is 13.2 Å². The molecule has 1 saturated heterocycles. The van der Waals surface area contributed by atoms with Gasteiger partial charge in [0.05, 0.1) is 18.6 Å². The van der Waals surface area contributed by atoms with Crippen molar-refractivity contribution < 1.29 is 17.9 Å². The fourth-order valence-corrected chi connectivity index (χ4v) is 3.76. The monoisotopic (exact) mass is 354 g/mol. The molecule has 7 heteroatoms. The molecule has 2 rings (SSSR count). The predicted octanol–water partition coefficient (Wildman–Crippen LogP) is 2.11. The minimum absolute atomic E-state index is 0.152. The third kappa shape index (κ3) is 4.87. The quantitative estimate of drug-likeness (QED) is 0.785. The summed E-state index contributed by atoms with van der Waals surface area (Å²) >= 11 is 0. The third-order valence-corrected chi connectivity index (χ3v) is 5.27. The Labute approximate surface area is 144 Å². The number of sulfonamides is 1. The van der Waals surface area contributed by atoms with Gasteiger partial charge in [-0.15, -0.1) is 0 Å². The van der Waals surface area contributed by atoms with Crippen molar-refractivity contribution in [1.82, 2.24) is 4.90 Å². The van der Waals surface area contributed by atoms with Gasteiger partial charge in [-0.3, -0.25) is 9.10 Å². The fourth-order valence-electron chi connectivity index (χ4n) is 2.91. The van der Waals surface area contributed by atoms with Crippen molar-refractivity contribution >= 4 is 21.6 Å². The highest BCUT2D eigenvalue weighted by Crippen LogP contribution is 2.22. The first kappa shape index (κ1) is 18.6. The molecule has 0 aromatic heterocycles. The van der Waals surface area contributed by atoms with Crippen molar-refractivity contribution in [3.8, 4) is 5.75 Å². The number of hydrogen-bond acceptors (Lipinski definition) is 4. The number of nitrogens with zero attached hydrogens (tertiary/aromatic N) is 2. The lowest BCUT2D eigenvalue weighted by molar-refractivity contribution is -0.131. The van der Waals surface area contributed by atoms with Crippen molar-refractivity contribution in [3.63, 3.8) is 0 Å². The summed E-state index contributed by atoms with van der Waals surface area (Å²) in [5.74, 6) is 0.978. The fraction of sp³-hybridized carbons (Fsp3) is 0.588. The number of hydrogen-bond donors (Lipinski definition) is 0. The predicted molar refractivity (Wildman–Crippen MR) is 94.8 cm³/mol. The van der Waals surface area contributed by atoms with Crippen LogP contribution in [-0.4, -0.2) is 51.7 Å². The summed E-state index contributed by atoms with van der Waals surface area (Å²) in [5.41, 5.74) is 0.472. The van der Waals surface area contributed by atoms with Crippen LogP contribution in [0.2, 0.25) is 0 Å². The van der Waals surface area contributed by atoms with E-state index in [0.29, 0.717) is 37.1 Å². The Morgan fingerprint density at radius 2 is 2.00 bits per heavy atom. The van der Waals surface area contributed by atoms with Gasteiger partial charge in [0.1, 0.15) is 12.3 Å². The molecule has 0 aliphatic carbocycles. The topological polar surface area (TPSA) is 66.9 Å². The van der Waals surface area contributed by atoms with Gasteiger partial charge >= 0.3 is 0 Å².